The Morgan fingerprint density at radius 3 is 2.78 bits per heavy atom. The fraction of sp³-hybridized carbons (Fsp3) is 0.714. The lowest BCUT2D eigenvalue weighted by atomic mass is 9.96. The molecule has 0 aliphatic heterocycles. The van der Waals surface area contributed by atoms with Crippen molar-refractivity contribution in [2.45, 2.75) is 57.4 Å². The van der Waals surface area contributed by atoms with Gasteiger partial charge in [0.25, 0.3) is 0 Å². The Bertz CT molecular complexity index is 362. The Kier molecular flexibility index (Phi) is 4.39. The zero-order valence-electron chi connectivity index (χ0n) is 10.7. The molecule has 4 heteroatoms. The highest BCUT2D eigenvalue weighted by atomic mass is 16.4. The predicted octanol–water partition coefficient (Wildman–Crippen LogP) is 2.25. The monoisotopic (exact) mass is 251 g/mol. The van der Waals surface area contributed by atoms with E-state index in [2.05, 4.69) is 11.4 Å². The second-order valence-corrected chi connectivity index (χ2v) is 5.33. The molecule has 0 radical (unpaired) electrons. The number of carbonyl (C=O) groups is 2. The van der Waals surface area contributed by atoms with Crippen molar-refractivity contribution >= 4 is 11.9 Å². The molecule has 0 spiro atoms. The first-order valence-electron chi connectivity index (χ1n) is 6.87. The molecule has 0 aromatic heterocycles. The molecular formula is C14H21NO3. The average Bonchev–Trinajstić information content (AvgIpc) is 2.78. The molecule has 2 atom stereocenters. The molecule has 100 valence electrons. The molecule has 1 fully saturated rings. The molecule has 0 aromatic rings. The summed E-state index contributed by atoms with van der Waals surface area (Å²) in [6.45, 7) is 0. The Morgan fingerprint density at radius 2 is 2.11 bits per heavy atom. The SMILES string of the molecule is O=C(CC1=CCCCC1)NC1CCCC1C(=O)O. The third-order valence-corrected chi connectivity index (χ3v) is 3.95. The highest BCUT2D eigenvalue weighted by Crippen LogP contribution is 2.26. The van der Waals surface area contributed by atoms with Crippen LogP contribution in [0.3, 0.4) is 0 Å². The Balaban J connectivity index is 1.83. The van der Waals surface area contributed by atoms with Crippen LogP contribution < -0.4 is 5.32 Å². The molecule has 0 bridgehead atoms. The van der Waals surface area contributed by atoms with Gasteiger partial charge in [0.05, 0.1) is 5.92 Å². The van der Waals surface area contributed by atoms with E-state index >= 15 is 0 Å². The molecule has 2 aliphatic rings. The van der Waals surface area contributed by atoms with Crippen molar-refractivity contribution in [3.63, 3.8) is 0 Å². The van der Waals surface area contributed by atoms with E-state index in [0.717, 1.165) is 25.7 Å². The number of carbonyl (C=O) groups excluding carboxylic acids is 1. The predicted molar refractivity (Wildman–Crippen MR) is 68.1 cm³/mol. The molecule has 0 aromatic carbocycles. The Morgan fingerprint density at radius 1 is 1.28 bits per heavy atom. The maximum Gasteiger partial charge on any atom is 0.308 e. The lowest BCUT2D eigenvalue weighted by molar-refractivity contribution is -0.142. The van der Waals surface area contributed by atoms with Gasteiger partial charge in [-0.2, -0.15) is 0 Å². The summed E-state index contributed by atoms with van der Waals surface area (Å²) in [6, 6.07) is -0.167. The van der Waals surface area contributed by atoms with Crippen LogP contribution in [0.5, 0.6) is 0 Å². The number of allylic oxidation sites excluding steroid dienone is 1. The van der Waals surface area contributed by atoms with E-state index in [0.29, 0.717) is 12.8 Å². The maximum absolute atomic E-state index is 11.9. The van der Waals surface area contributed by atoms with Gasteiger partial charge in [0.2, 0.25) is 5.91 Å². The van der Waals surface area contributed by atoms with Crippen LogP contribution in [0, 0.1) is 5.92 Å². The molecule has 2 aliphatic carbocycles. The Hall–Kier alpha value is -1.32. The molecule has 2 unspecified atom stereocenters. The van der Waals surface area contributed by atoms with Gasteiger partial charge in [-0.1, -0.05) is 18.1 Å². The molecular weight excluding hydrogens is 230 g/mol. The van der Waals surface area contributed by atoms with E-state index in [-0.39, 0.29) is 11.9 Å². The first-order valence-corrected chi connectivity index (χ1v) is 6.87. The average molecular weight is 251 g/mol. The number of aliphatic carboxylic acids is 1. The van der Waals surface area contributed by atoms with Crippen molar-refractivity contribution in [1.29, 1.82) is 0 Å². The lowest BCUT2D eigenvalue weighted by Gasteiger charge is -2.19. The van der Waals surface area contributed by atoms with Gasteiger partial charge in [-0.05, 0) is 38.5 Å². The van der Waals surface area contributed by atoms with Crippen LogP contribution in [-0.2, 0) is 9.59 Å². The molecule has 18 heavy (non-hydrogen) atoms. The number of nitrogens with one attached hydrogen (secondary N) is 1. The number of carboxylic acid groups (broad SMARTS) is 1. The van der Waals surface area contributed by atoms with Crippen LogP contribution >= 0.6 is 0 Å². The molecule has 1 amide bonds. The fourth-order valence-electron chi connectivity index (χ4n) is 2.96. The van der Waals surface area contributed by atoms with Gasteiger partial charge in [-0.15, -0.1) is 0 Å². The van der Waals surface area contributed by atoms with Gasteiger partial charge < -0.3 is 10.4 Å². The minimum Gasteiger partial charge on any atom is -0.481 e. The molecule has 0 saturated heterocycles. The van der Waals surface area contributed by atoms with E-state index in [1.54, 1.807) is 0 Å². The molecule has 0 heterocycles. The van der Waals surface area contributed by atoms with Gasteiger partial charge in [0, 0.05) is 12.5 Å². The van der Waals surface area contributed by atoms with E-state index < -0.39 is 11.9 Å². The van der Waals surface area contributed by atoms with Crippen LogP contribution in [0.4, 0.5) is 0 Å². The third kappa shape index (κ3) is 3.34. The number of hydrogen-bond donors (Lipinski definition) is 2. The van der Waals surface area contributed by atoms with E-state index in [4.69, 9.17) is 5.11 Å². The van der Waals surface area contributed by atoms with Crippen molar-refractivity contribution in [2.24, 2.45) is 5.92 Å². The second kappa shape index (κ2) is 6.03. The fourth-order valence-corrected chi connectivity index (χ4v) is 2.96. The lowest BCUT2D eigenvalue weighted by Crippen LogP contribution is -2.40. The molecule has 4 nitrogen and oxygen atoms in total. The molecule has 2 rings (SSSR count). The first-order chi connectivity index (χ1) is 8.66. The number of rotatable bonds is 4. The third-order valence-electron chi connectivity index (χ3n) is 3.95. The van der Waals surface area contributed by atoms with Crippen LogP contribution in [0.1, 0.15) is 51.4 Å². The summed E-state index contributed by atoms with van der Waals surface area (Å²) in [5.74, 6) is -1.19. The van der Waals surface area contributed by atoms with E-state index in [1.807, 2.05) is 0 Å². The van der Waals surface area contributed by atoms with Crippen molar-refractivity contribution < 1.29 is 14.7 Å². The van der Waals surface area contributed by atoms with Gasteiger partial charge >= 0.3 is 5.97 Å². The summed E-state index contributed by atoms with van der Waals surface area (Å²) < 4.78 is 0. The van der Waals surface area contributed by atoms with Gasteiger partial charge in [0.1, 0.15) is 0 Å². The zero-order valence-corrected chi connectivity index (χ0v) is 10.7. The first kappa shape index (κ1) is 13.1. The topological polar surface area (TPSA) is 66.4 Å². The normalized spacial score (nSPS) is 27.7. The van der Waals surface area contributed by atoms with E-state index in [9.17, 15) is 9.59 Å². The van der Waals surface area contributed by atoms with Gasteiger partial charge in [-0.3, -0.25) is 9.59 Å². The quantitative estimate of drug-likeness (QED) is 0.753. The second-order valence-electron chi connectivity index (χ2n) is 5.33. The van der Waals surface area contributed by atoms with E-state index in [1.165, 1.54) is 18.4 Å². The summed E-state index contributed by atoms with van der Waals surface area (Å²) in [5, 5.41) is 12.0. The van der Waals surface area contributed by atoms with Crippen LogP contribution in [-0.4, -0.2) is 23.0 Å². The molecule has 1 saturated carbocycles. The molecule has 2 N–H and O–H groups in total. The van der Waals surface area contributed by atoms with Crippen molar-refractivity contribution in [1.82, 2.24) is 5.32 Å². The Labute approximate surface area is 107 Å². The zero-order chi connectivity index (χ0) is 13.0. The highest BCUT2D eigenvalue weighted by molar-refractivity contribution is 5.80. The van der Waals surface area contributed by atoms with Crippen molar-refractivity contribution in [3.8, 4) is 0 Å². The van der Waals surface area contributed by atoms with Crippen molar-refractivity contribution in [2.75, 3.05) is 0 Å². The minimum atomic E-state index is -0.783. The van der Waals surface area contributed by atoms with Crippen molar-refractivity contribution in [3.05, 3.63) is 11.6 Å². The van der Waals surface area contributed by atoms with Gasteiger partial charge in [-0.25, -0.2) is 0 Å². The highest BCUT2D eigenvalue weighted by Gasteiger charge is 2.33. The summed E-state index contributed by atoms with van der Waals surface area (Å²) in [7, 11) is 0. The number of hydrogen-bond acceptors (Lipinski definition) is 2. The van der Waals surface area contributed by atoms with Crippen LogP contribution in [0.25, 0.3) is 0 Å². The number of carboxylic acids is 1. The number of amides is 1. The maximum atomic E-state index is 11.9. The van der Waals surface area contributed by atoms with Crippen LogP contribution in [0.15, 0.2) is 11.6 Å². The van der Waals surface area contributed by atoms with Crippen LogP contribution in [0.2, 0.25) is 0 Å². The largest absolute Gasteiger partial charge is 0.481 e. The smallest absolute Gasteiger partial charge is 0.308 e. The summed E-state index contributed by atoms with van der Waals surface area (Å²) in [5.41, 5.74) is 1.21. The summed E-state index contributed by atoms with van der Waals surface area (Å²) in [4.78, 5) is 22.9. The summed E-state index contributed by atoms with van der Waals surface area (Å²) in [6.07, 6.45) is 9.45. The standard InChI is InChI=1S/C14H21NO3/c16-13(9-10-5-2-1-3-6-10)15-12-8-4-7-11(12)14(17)18/h5,11-12H,1-4,6-9H2,(H,15,16)(H,17,18). The van der Waals surface area contributed by atoms with Gasteiger partial charge in [0.15, 0.2) is 0 Å². The summed E-state index contributed by atoms with van der Waals surface area (Å²) >= 11 is 0. The minimum absolute atomic E-state index is 0.0127.